The second kappa shape index (κ2) is 11.8. The predicted molar refractivity (Wildman–Crippen MR) is 154 cm³/mol. The first-order valence-corrected chi connectivity index (χ1v) is 14.1. The first-order chi connectivity index (χ1) is 21.1. The second-order valence-corrected chi connectivity index (χ2v) is 10.4. The van der Waals surface area contributed by atoms with E-state index in [0.29, 0.717) is 17.8 Å². The highest BCUT2D eigenvalue weighted by Gasteiger charge is 2.35. The Morgan fingerprint density at radius 2 is 1.93 bits per heavy atom. The summed E-state index contributed by atoms with van der Waals surface area (Å²) in [7, 11) is 0. The number of aryl methyl sites for hydroxylation is 2. The van der Waals surface area contributed by atoms with Gasteiger partial charge in [0.25, 0.3) is 0 Å². The summed E-state index contributed by atoms with van der Waals surface area (Å²) in [5.74, 6) is -0.305. The fourth-order valence-electron chi connectivity index (χ4n) is 5.14. The van der Waals surface area contributed by atoms with E-state index >= 15 is 0 Å². The Hall–Kier alpha value is -4.60. The zero-order valence-corrected chi connectivity index (χ0v) is 23.9. The van der Waals surface area contributed by atoms with Gasteiger partial charge >= 0.3 is 6.18 Å². The lowest BCUT2D eigenvalue weighted by atomic mass is 10.1. The minimum Gasteiger partial charge on any atom is -0.356 e. The van der Waals surface area contributed by atoms with Crippen LogP contribution in [0, 0.1) is 6.92 Å². The Kier molecular flexibility index (Phi) is 7.92. The molecule has 5 aromatic rings. The van der Waals surface area contributed by atoms with Crippen LogP contribution < -0.4 is 10.6 Å². The molecule has 6 rings (SSSR count). The number of nitrogens with one attached hydrogen (secondary N) is 2. The number of para-hydroxylation sites is 1. The number of carbonyl (C=O) groups excluding carboxylic acids is 1. The molecule has 1 aliphatic heterocycles. The molecule has 2 aromatic carbocycles. The lowest BCUT2D eigenvalue weighted by Crippen LogP contribution is -2.46. The smallest absolute Gasteiger partial charge is 0.356 e. The van der Waals surface area contributed by atoms with Crippen molar-refractivity contribution in [3.05, 3.63) is 71.5 Å². The number of hydrogen-bond donors (Lipinski definition) is 3. The highest BCUT2D eigenvalue weighted by molar-refractivity contribution is 5.95. The largest absolute Gasteiger partial charge is 0.418 e. The number of hydrogen-bond acceptors (Lipinski definition) is 9. The third-order valence-electron chi connectivity index (χ3n) is 7.41. The van der Waals surface area contributed by atoms with Crippen molar-refractivity contribution in [3.8, 4) is 11.4 Å². The van der Waals surface area contributed by atoms with Crippen LogP contribution in [0.15, 0.2) is 54.7 Å². The number of alkyl halides is 3. The number of aromatic nitrogens is 6. The van der Waals surface area contributed by atoms with E-state index in [0.717, 1.165) is 11.6 Å². The fraction of sp³-hybridized carbons (Fsp3) is 0.345. The molecule has 0 radical (unpaired) electrons. The third kappa shape index (κ3) is 5.80. The monoisotopic (exact) mass is 609 g/mol. The van der Waals surface area contributed by atoms with Crippen LogP contribution in [-0.2, 0) is 28.9 Å². The average Bonchev–Trinajstić information content (AvgIpc) is 3.57. The molecule has 0 bridgehead atoms. The number of carbonyl (C=O) groups is 1. The van der Waals surface area contributed by atoms with Crippen molar-refractivity contribution in [2.75, 3.05) is 25.0 Å². The molecule has 1 saturated heterocycles. The van der Waals surface area contributed by atoms with Crippen molar-refractivity contribution in [3.63, 3.8) is 0 Å². The molecule has 15 heteroatoms. The third-order valence-corrected chi connectivity index (χ3v) is 7.41. The quantitative estimate of drug-likeness (QED) is 0.227. The fourth-order valence-corrected chi connectivity index (χ4v) is 5.14. The minimum atomic E-state index is -4.69. The SMILES string of the molecule is CCn1cc(-c2nc3c4cccc(C(F)(F)F)c4nc(N[C@@H]4CN(C(O)OCc5ccccc5)CCNC4=O)n3n2)c(C)n1. The number of nitrogens with zero attached hydrogens (tertiary/aromatic N) is 7. The van der Waals surface area contributed by atoms with Gasteiger partial charge in [-0.05, 0) is 31.5 Å². The maximum Gasteiger partial charge on any atom is 0.418 e. The van der Waals surface area contributed by atoms with E-state index in [1.165, 1.54) is 16.6 Å². The normalized spacial score (nSPS) is 17.1. The summed E-state index contributed by atoms with van der Waals surface area (Å²) in [6.07, 6.45) is -4.27. The molecule has 1 fully saturated rings. The van der Waals surface area contributed by atoms with Crippen LogP contribution >= 0.6 is 0 Å². The van der Waals surface area contributed by atoms with Gasteiger partial charge in [-0.2, -0.15) is 22.8 Å². The molecule has 0 spiro atoms. The lowest BCUT2D eigenvalue weighted by molar-refractivity contribution is -0.198. The zero-order chi connectivity index (χ0) is 31.0. The van der Waals surface area contributed by atoms with Crippen LogP contribution in [0.4, 0.5) is 19.1 Å². The summed E-state index contributed by atoms with van der Waals surface area (Å²) in [5, 5.41) is 25.7. The highest BCUT2D eigenvalue weighted by Crippen LogP contribution is 2.36. The van der Waals surface area contributed by atoms with Gasteiger partial charge in [-0.3, -0.25) is 14.4 Å². The summed E-state index contributed by atoms with van der Waals surface area (Å²) >= 11 is 0. The van der Waals surface area contributed by atoms with Crippen LogP contribution in [0.3, 0.4) is 0 Å². The maximum atomic E-state index is 14.1. The number of rotatable bonds is 8. The first-order valence-electron chi connectivity index (χ1n) is 14.1. The summed E-state index contributed by atoms with van der Waals surface area (Å²) in [6.45, 7) is 4.92. The van der Waals surface area contributed by atoms with Gasteiger partial charge in [0.1, 0.15) is 6.04 Å². The van der Waals surface area contributed by atoms with Crippen LogP contribution in [0.25, 0.3) is 27.9 Å². The van der Waals surface area contributed by atoms with Gasteiger partial charge in [-0.25, -0.2) is 9.97 Å². The zero-order valence-electron chi connectivity index (χ0n) is 23.9. The van der Waals surface area contributed by atoms with Gasteiger partial charge in [0.2, 0.25) is 18.3 Å². The molecule has 2 atom stereocenters. The van der Waals surface area contributed by atoms with Gasteiger partial charge in [0, 0.05) is 37.8 Å². The number of halogens is 3. The van der Waals surface area contributed by atoms with E-state index in [9.17, 15) is 23.1 Å². The van der Waals surface area contributed by atoms with Crippen molar-refractivity contribution in [2.24, 2.45) is 0 Å². The van der Waals surface area contributed by atoms with E-state index in [1.54, 1.807) is 22.7 Å². The van der Waals surface area contributed by atoms with Crippen molar-refractivity contribution < 1.29 is 27.8 Å². The summed E-state index contributed by atoms with van der Waals surface area (Å²) in [5.41, 5.74) is 0.950. The van der Waals surface area contributed by atoms with E-state index in [2.05, 4.69) is 30.8 Å². The van der Waals surface area contributed by atoms with E-state index in [4.69, 9.17) is 4.74 Å². The molecule has 44 heavy (non-hydrogen) atoms. The molecule has 0 aliphatic carbocycles. The highest BCUT2D eigenvalue weighted by atomic mass is 19.4. The molecule has 1 amide bonds. The molecule has 4 heterocycles. The molecule has 12 nitrogen and oxygen atoms in total. The Labute approximate surface area is 249 Å². The molecular weight excluding hydrogens is 579 g/mol. The number of benzene rings is 2. The molecule has 0 saturated carbocycles. The van der Waals surface area contributed by atoms with Crippen LogP contribution in [-0.4, -0.2) is 77.4 Å². The molecular formula is C29H30F3N9O3. The molecule has 230 valence electrons. The van der Waals surface area contributed by atoms with Crippen LogP contribution in [0.2, 0.25) is 0 Å². The summed E-state index contributed by atoms with van der Waals surface area (Å²) < 4.78 is 51.0. The van der Waals surface area contributed by atoms with Crippen LogP contribution in [0.1, 0.15) is 23.7 Å². The van der Waals surface area contributed by atoms with Crippen molar-refractivity contribution >= 4 is 28.4 Å². The first kappa shape index (κ1) is 29.5. The molecule has 1 unspecified atom stereocenters. The standard InChI is InChI=1S/C29H30F3N9O3/c1-3-40-14-20(17(2)37-40)24-36-25-19-10-7-11-21(29(30,31)32)23(19)35-27(41(25)38-24)34-22-15-39(13-12-33-26(22)42)28(43)44-16-18-8-5-4-6-9-18/h4-11,14,22,28,43H,3,12-13,15-16H2,1-2H3,(H,33,42)(H,34,35)/t22-,28?/m1/s1. The maximum absolute atomic E-state index is 14.1. The van der Waals surface area contributed by atoms with E-state index in [1.807, 2.05) is 37.3 Å². The topological polar surface area (TPSA) is 135 Å². The lowest BCUT2D eigenvalue weighted by Gasteiger charge is -2.28. The number of aliphatic hydroxyl groups is 1. The van der Waals surface area contributed by atoms with Crippen molar-refractivity contribution in [2.45, 2.75) is 45.6 Å². The predicted octanol–water partition coefficient (Wildman–Crippen LogP) is 3.19. The summed E-state index contributed by atoms with van der Waals surface area (Å²) in [4.78, 5) is 23.6. The number of anilines is 1. The second-order valence-electron chi connectivity index (χ2n) is 10.4. The molecule has 3 aromatic heterocycles. The number of aliphatic hydroxyl groups excluding tert-OH is 1. The van der Waals surface area contributed by atoms with Gasteiger partial charge in [0.15, 0.2) is 11.5 Å². The van der Waals surface area contributed by atoms with Gasteiger partial charge in [0.05, 0.1) is 28.9 Å². The van der Waals surface area contributed by atoms with E-state index in [-0.39, 0.29) is 54.6 Å². The number of amides is 1. The Morgan fingerprint density at radius 1 is 1.14 bits per heavy atom. The minimum absolute atomic E-state index is 0.0339. The summed E-state index contributed by atoms with van der Waals surface area (Å²) in [6, 6.07) is 12.0. The van der Waals surface area contributed by atoms with E-state index < -0.39 is 30.1 Å². The van der Waals surface area contributed by atoms with Gasteiger partial charge in [-0.1, -0.05) is 36.4 Å². The molecule has 3 N–H and O–H groups in total. The van der Waals surface area contributed by atoms with Crippen LogP contribution in [0.5, 0.6) is 0 Å². The number of ether oxygens (including phenoxy) is 1. The van der Waals surface area contributed by atoms with Gasteiger partial charge < -0.3 is 20.5 Å². The van der Waals surface area contributed by atoms with Gasteiger partial charge in [-0.15, -0.1) is 5.10 Å². The Balaban J connectivity index is 1.39. The van der Waals surface area contributed by atoms with Crippen molar-refractivity contribution in [1.29, 1.82) is 0 Å². The average molecular weight is 610 g/mol. The van der Waals surface area contributed by atoms with Crippen molar-refractivity contribution in [1.82, 2.24) is 39.6 Å². The molecule has 1 aliphatic rings. The Morgan fingerprint density at radius 3 is 2.66 bits per heavy atom. The Bertz CT molecular complexity index is 1810. The number of fused-ring (bicyclic) bond motifs is 3.